The Balaban J connectivity index is 1.48. The first-order chi connectivity index (χ1) is 14.6. The molecule has 6 nitrogen and oxygen atoms in total. The van der Waals surface area contributed by atoms with Gasteiger partial charge in [0.05, 0.1) is 25.1 Å². The Bertz CT molecular complexity index is 1060. The van der Waals surface area contributed by atoms with Gasteiger partial charge in [-0.1, -0.05) is 30.3 Å². The number of ether oxygens (including phenoxy) is 2. The lowest BCUT2D eigenvalue weighted by Gasteiger charge is -2.33. The smallest absolute Gasteiger partial charge is 0.259 e. The van der Waals surface area contributed by atoms with Crippen molar-refractivity contribution in [2.24, 2.45) is 5.73 Å². The third-order valence-electron chi connectivity index (χ3n) is 5.39. The lowest BCUT2D eigenvalue weighted by atomic mass is 10.0. The highest BCUT2D eigenvalue weighted by molar-refractivity contribution is 7.21. The zero-order valence-corrected chi connectivity index (χ0v) is 17.6. The number of hydrogen-bond acceptors (Lipinski definition) is 5. The summed E-state index contributed by atoms with van der Waals surface area (Å²) in [5, 5.41) is 0.967. The zero-order chi connectivity index (χ0) is 21.1. The molecule has 0 spiro atoms. The largest absolute Gasteiger partial charge is 0.497 e. The van der Waals surface area contributed by atoms with Crippen molar-refractivity contribution in [3.63, 3.8) is 0 Å². The van der Waals surface area contributed by atoms with Gasteiger partial charge in [-0.25, -0.2) is 0 Å². The minimum absolute atomic E-state index is 0.0827. The number of aryl methyl sites for hydroxylation is 1. The van der Waals surface area contributed by atoms with Crippen LogP contribution >= 0.6 is 11.3 Å². The number of morpholine rings is 1. The fourth-order valence-corrected chi connectivity index (χ4v) is 4.93. The lowest BCUT2D eigenvalue weighted by Crippen LogP contribution is -2.42. The van der Waals surface area contributed by atoms with Crippen molar-refractivity contribution >= 4 is 33.2 Å². The zero-order valence-electron chi connectivity index (χ0n) is 16.8. The molecule has 1 atom stereocenters. The summed E-state index contributed by atoms with van der Waals surface area (Å²) >= 11 is 1.38. The van der Waals surface area contributed by atoms with Crippen LogP contribution in [0, 0.1) is 0 Å². The molecule has 2 N–H and O–H groups in total. The summed E-state index contributed by atoms with van der Waals surface area (Å²) in [4.78, 5) is 27.2. The Labute approximate surface area is 179 Å². The molecule has 0 saturated carbocycles. The van der Waals surface area contributed by atoms with Crippen LogP contribution in [0.5, 0.6) is 5.75 Å². The predicted octanol–water partition coefficient (Wildman–Crippen LogP) is 3.54. The van der Waals surface area contributed by atoms with Crippen LogP contribution in [0.2, 0.25) is 0 Å². The second kappa shape index (κ2) is 8.85. The molecule has 4 rings (SSSR count). The molecule has 1 saturated heterocycles. The Morgan fingerprint density at radius 2 is 1.97 bits per heavy atom. The van der Waals surface area contributed by atoms with Gasteiger partial charge in [0, 0.05) is 23.2 Å². The fourth-order valence-electron chi connectivity index (χ4n) is 3.82. The monoisotopic (exact) mass is 424 g/mol. The number of carbonyl (C=O) groups excluding carboxylic acids is 2. The van der Waals surface area contributed by atoms with Gasteiger partial charge in [-0.2, -0.15) is 0 Å². The number of fused-ring (bicyclic) bond motifs is 1. The lowest BCUT2D eigenvalue weighted by molar-refractivity contribution is -0.138. The van der Waals surface area contributed by atoms with Gasteiger partial charge in [-0.3, -0.25) is 9.59 Å². The Morgan fingerprint density at radius 3 is 2.70 bits per heavy atom. The van der Waals surface area contributed by atoms with Gasteiger partial charge in [0.1, 0.15) is 11.9 Å². The van der Waals surface area contributed by atoms with E-state index >= 15 is 0 Å². The molecule has 2 heterocycles. The molecular weight excluding hydrogens is 400 g/mol. The number of amides is 2. The molecule has 1 aliphatic heterocycles. The van der Waals surface area contributed by atoms with Crippen LogP contribution in [0.25, 0.3) is 10.1 Å². The molecular formula is C23H24N2O4S. The number of hydrogen-bond donors (Lipinski definition) is 1. The van der Waals surface area contributed by atoms with E-state index in [-0.39, 0.29) is 12.0 Å². The van der Waals surface area contributed by atoms with Crippen molar-refractivity contribution < 1.29 is 19.1 Å². The molecule has 156 valence electrons. The van der Waals surface area contributed by atoms with Gasteiger partial charge in [0.25, 0.3) is 5.91 Å². The van der Waals surface area contributed by atoms with Crippen LogP contribution in [-0.2, 0) is 16.0 Å². The van der Waals surface area contributed by atoms with E-state index in [9.17, 15) is 9.59 Å². The van der Waals surface area contributed by atoms with Gasteiger partial charge in [-0.15, -0.1) is 11.3 Å². The molecule has 2 amide bonds. The van der Waals surface area contributed by atoms with Crippen molar-refractivity contribution in [2.75, 3.05) is 26.8 Å². The van der Waals surface area contributed by atoms with Crippen LogP contribution in [0.15, 0.2) is 48.5 Å². The summed E-state index contributed by atoms with van der Waals surface area (Å²) in [6, 6.07) is 15.6. The molecule has 0 aliphatic carbocycles. The fraction of sp³-hybridized carbons (Fsp3) is 0.304. The predicted molar refractivity (Wildman–Crippen MR) is 117 cm³/mol. The molecule has 2 aromatic carbocycles. The summed E-state index contributed by atoms with van der Waals surface area (Å²) in [5.74, 6) is 0.423. The van der Waals surface area contributed by atoms with E-state index in [1.807, 2.05) is 53.4 Å². The molecule has 7 heteroatoms. The summed E-state index contributed by atoms with van der Waals surface area (Å²) in [6.45, 7) is 1.40. The quantitative estimate of drug-likeness (QED) is 0.656. The van der Waals surface area contributed by atoms with Crippen LogP contribution in [0.1, 0.15) is 33.3 Å². The molecule has 3 aromatic rings. The second-order valence-corrected chi connectivity index (χ2v) is 8.30. The summed E-state index contributed by atoms with van der Waals surface area (Å²) in [6.07, 6.45) is 0.729. The summed E-state index contributed by atoms with van der Waals surface area (Å²) < 4.78 is 12.1. The van der Waals surface area contributed by atoms with Crippen molar-refractivity contribution in [3.8, 4) is 5.75 Å². The number of nitrogens with zero attached hydrogens (tertiary/aromatic N) is 1. The van der Waals surface area contributed by atoms with Crippen molar-refractivity contribution in [1.29, 1.82) is 0 Å². The first-order valence-corrected chi connectivity index (χ1v) is 10.7. The molecule has 1 fully saturated rings. The maximum absolute atomic E-state index is 12.8. The molecule has 0 radical (unpaired) electrons. The van der Waals surface area contributed by atoms with Gasteiger partial charge >= 0.3 is 0 Å². The minimum Gasteiger partial charge on any atom is -0.497 e. The third-order valence-corrected chi connectivity index (χ3v) is 6.59. The molecule has 0 bridgehead atoms. The number of benzene rings is 2. The van der Waals surface area contributed by atoms with Gasteiger partial charge in [0.2, 0.25) is 5.91 Å². The Hall–Kier alpha value is -2.90. The van der Waals surface area contributed by atoms with Crippen LogP contribution in [-0.4, -0.2) is 43.5 Å². The van der Waals surface area contributed by atoms with E-state index < -0.39 is 5.91 Å². The van der Waals surface area contributed by atoms with E-state index in [0.29, 0.717) is 37.4 Å². The standard InChI is InChI=1S/C23H24N2O4S/c1-28-16-9-6-15(7-10-16)8-11-20(26)25-12-13-29-18(14-25)21-17-4-2-3-5-19(17)30-22(21)23(24)27/h2-7,9-10,18H,8,11-14H2,1H3,(H2,24,27)/t18-/m1/s1. The third kappa shape index (κ3) is 4.17. The second-order valence-electron chi connectivity index (χ2n) is 7.25. The van der Waals surface area contributed by atoms with Gasteiger partial charge < -0.3 is 20.1 Å². The highest BCUT2D eigenvalue weighted by Crippen LogP contribution is 2.38. The normalized spacial score (nSPS) is 16.6. The van der Waals surface area contributed by atoms with Gasteiger partial charge in [-0.05, 0) is 35.6 Å². The highest BCUT2D eigenvalue weighted by Gasteiger charge is 2.30. The first-order valence-electron chi connectivity index (χ1n) is 9.90. The van der Waals surface area contributed by atoms with Crippen molar-refractivity contribution in [2.45, 2.75) is 18.9 Å². The minimum atomic E-state index is -0.460. The van der Waals surface area contributed by atoms with E-state index in [1.165, 1.54) is 11.3 Å². The van der Waals surface area contributed by atoms with E-state index in [4.69, 9.17) is 15.2 Å². The van der Waals surface area contributed by atoms with E-state index in [0.717, 1.165) is 27.0 Å². The van der Waals surface area contributed by atoms with Crippen molar-refractivity contribution in [1.82, 2.24) is 4.90 Å². The van der Waals surface area contributed by atoms with Gasteiger partial charge in [0.15, 0.2) is 0 Å². The topological polar surface area (TPSA) is 81.9 Å². The Morgan fingerprint density at radius 1 is 1.20 bits per heavy atom. The molecule has 0 unspecified atom stereocenters. The maximum atomic E-state index is 12.8. The average Bonchev–Trinajstić information content (AvgIpc) is 3.18. The Kier molecular flexibility index (Phi) is 6.01. The summed E-state index contributed by atoms with van der Waals surface area (Å²) in [7, 11) is 1.63. The van der Waals surface area contributed by atoms with Crippen LogP contribution in [0.4, 0.5) is 0 Å². The van der Waals surface area contributed by atoms with Crippen LogP contribution < -0.4 is 10.5 Å². The van der Waals surface area contributed by atoms with Crippen LogP contribution in [0.3, 0.4) is 0 Å². The average molecular weight is 425 g/mol. The number of thiophene rings is 1. The van der Waals surface area contributed by atoms with Crippen molar-refractivity contribution in [3.05, 3.63) is 64.5 Å². The first kappa shape index (κ1) is 20.4. The summed E-state index contributed by atoms with van der Waals surface area (Å²) in [5.41, 5.74) is 7.53. The maximum Gasteiger partial charge on any atom is 0.259 e. The van der Waals surface area contributed by atoms with E-state index in [2.05, 4.69) is 0 Å². The number of carbonyl (C=O) groups is 2. The SMILES string of the molecule is COc1ccc(CCC(=O)N2CCO[C@@H](c3c(C(N)=O)sc4ccccc34)C2)cc1. The molecule has 1 aromatic heterocycles. The molecule has 1 aliphatic rings. The highest BCUT2D eigenvalue weighted by atomic mass is 32.1. The number of primary amides is 1. The number of nitrogens with two attached hydrogens (primary N) is 1. The number of methoxy groups -OCH3 is 1. The number of rotatable bonds is 6. The molecule has 30 heavy (non-hydrogen) atoms. The van der Waals surface area contributed by atoms with E-state index in [1.54, 1.807) is 7.11 Å².